The zero-order valence-electron chi connectivity index (χ0n) is 12.6. The van der Waals surface area contributed by atoms with Crippen molar-refractivity contribution in [2.75, 3.05) is 5.32 Å². The van der Waals surface area contributed by atoms with Gasteiger partial charge in [0.2, 0.25) is 0 Å². The number of carbonyl (C=O) groups excluding carboxylic acids is 1. The molecule has 3 N–H and O–H groups in total. The molecule has 114 valence electrons. The second-order valence-electron chi connectivity index (χ2n) is 5.43. The number of hydrogen-bond donors (Lipinski definition) is 3. The van der Waals surface area contributed by atoms with Crippen LogP contribution in [-0.4, -0.2) is 23.1 Å². The number of benzene rings is 1. The first-order chi connectivity index (χ1) is 9.86. The van der Waals surface area contributed by atoms with Crippen molar-refractivity contribution in [3.63, 3.8) is 0 Å². The third-order valence-corrected chi connectivity index (χ3v) is 2.77. The first kappa shape index (κ1) is 16.8. The Labute approximate surface area is 125 Å². The van der Waals surface area contributed by atoms with Crippen LogP contribution in [0.4, 0.5) is 10.5 Å². The monoisotopic (exact) mass is 290 g/mol. The summed E-state index contributed by atoms with van der Waals surface area (Å²) in [4.78, 5) is 22.3. The normalized spacial score (nSPS) is 12.4. The summed E-state index contributed by atoms with van der Waals surface area (Å²) in [5, 5.41) is 14.2. The molecule has 21 heavy (non-hydrogen) atoms. The molecule has 1 rings (SSSR count). The molecule has 5 nitrogen and oxygen atoms in total. The summed E-state index contributed by atoms with van der Waals surface area (Å²) in [5.41, 5.74) is 1.34. The predicted molar refractivity (Wildman–Crippen MR) is 84.2 cm³/mol. The number of anilines is 1. The molecule has 0 heterocycles. The summed E-state index contributed by atoms with van der Waals surface area (Å²) in [5.74, 6) is -0.488. The van der Waals surface area contributed by atoms with Crippen LogP contribution in [-0.2, 0) is 4.79 Å². The lowest BCUT2D eigenvalue weighted by Gasteiger charge is -2.16. The highest BCUT2D eigenvalue weighted by Crippen LogP contribution is 2.12. The highest BCUT2D eigenvalue weighted by atomic mass is 16.4. The Kier molecular flexibility index (Phi) is 6.46. The molecule has 1 aromatic rings. The third-order valence-electron chi connectivity index (χ3n) is 2.77. The lowest BCUT2D eigenvalue weighted by molar-refractivity contribution is -0.131. The summed E-state index contributed by atoms with van der Waals surface area (Å²) >= 11 is 0. The molecule has 0 saturated heterocycles. The van der Waals surface area contributed by atoms with Gasteiger partial charge < -0.3 is 15.7 Å². The van der Waals surface area contributed by atoms with E-state index < -0.39 is 5.97 Å². The SMILES string of the molecule is CC(C)CC(C)NC(=O)Nc1cccc(/C=C/C(=O)O)c1. The number of rotatable bonds is 6. The van der Waals surface area contributed by atoms with Gasteiger partial charge in [0, 0.05) is 17.8 Å². The molecule has 1 aromatic carbocycles. The van der Waals surface area contributed by atoms with Crippen molar-refractivity contribution in [2.45, 2.75) is 33.2 Å². The van der Waals surface area contributed by atoms with Crippen LogP contribution in [0.5, 0.6) is 0 Å². The van der Waals surface area contributed by atoms with E-state index in [2.05, 4.69) is 24.5 Å². The van der Waals surface area contributed by atoms with Crippen LogP contribution in [0.3, 0.4) is 0 Å². The van der Waals surface area contributed by atoms with Gasteiger partial charge in [0.1, 0.15) is 0 Å². The Hall–Kier alpha value is -2.30. The molecular formula is C16H22N2O3. The van der Waals surface area contributed by atoms with Gasteiger partial charge in [-0.2, -0.15) is 0 Å². The van der Waals surface area contributed by atoms with E-state index in [4.69, 9.17) is 5.11 Å². The summed E-state index contributed by atoms with van der Waals surface area (Å²) < 4.78 is 0. The molecule has 0 saturated carbocycles. The third kappa shape index (κ3) is 7.15. The fourth-order valence-electron chi connectivity index (χ4n) is 2.04. The van der Waals surface area contributed by atoms with E-state index in [0.717, 1.165) is 12.5 Å². The molecular weight excluding hydrogens is 268 g/mol. The number of amides is 2. The maximum atomic E-state index is 11.8. The molecule has 2 amide bonds. The van der Waals surface area contributed by atoms with Gasteiger partial charge in [-0.15, -0.1) is 0 Å². The van der Waals surface area contributed by atoms with Crippen molar-refractivity contribution in [1.29, 1.82) is 0 Å². The van der Waals surface area contributed by atoms with Gasteiger partial charge in [0.15, 0.2) is 0 Å². The highest BCUT2D eigenvalue weighted by molar-refractivity contribution is 5.90. The Balaban J connectivity index is 2.60. The van der Waals surface area contributed by atoms with Crippen LogP contribution >= 0.6 is 0 Å². The maximum absolute atomic E-state index is 11.8. The lowest BCUT2D eigenvalue weighted by Crippen LogP contribution is -2.36. The van der Waals surface area contributed by atoms with Gasteiger partial charge in [-0.3, -0.25) is 0 Å². The molecule has 0 aliphatic carbocycles. The Morgan fingerprint density at radius 3 is 2.62 bits per heavy atom. The van der Waals surface area contributed by atoms with Gasteiger partial charge in [-0.1, -0.05) is 26.0 Å². The van der Waals surface area contributed by atoms with Gasteiger partial charge in [-0.25, -0.2) is 9.59 Å². The second-order valence-corrected chi connectivity index (χ2v) is 5.43. The van der Waals surface area contributed by atoms with E-state index >= 15 is 0 Å². The van der Waals surface area contributed by atoms with Crippen molar-refractivity contribution in [1.82, 2.24) is 5.32 Å². The zero-order chi connectivity index (χ0) is 15.8. The fourth-order valence-corrected chi connectivity index (χ4v) is 2.04. The Morgan fingerprint density at radius 1 is 1.29 bits per heavy atom. The molecule has 0 bridgehead atoms. The molecule has 1 unspecified atom stereocenters. The Bertz CT molecular complexity index is 524. The number of hydrogen-bond acceptors (Lipinski definition) is 2. The summed E-state index contributed by atoms with van der Waals surface area (Å²) in [6.45, 7) is 6.17. The van der Waals surface area contributed by atoms with Gasteiger partial charge in [-0.05, 0) is 43.0 Å². The smallest absolute Gasteiger partial charge is 0.328 e. The fraction of sp³-hybridized carbons (Fsp3) is 0.375. The van der Waals surface area contributed by atoms with E-state index in [0.29, 0.717) is 17.2 Å². The van der Waals surface area contributed by atoms with Crippen LogP contribution < -0.4 is 10.6 Å². The Morgan fingerprint density at radius 2 is 2.00 bits per heavy atom. The van der Waals surface area contributed by atoms with Crippen molar-refractivity contribution in [2.24, 2.45) is 5.92 Å². The molecule has 5 heteroatoms. The van der Waals surface area contributed by atoms with E-state index in [9.17, 15) is 9.59 Å². The minimum absolute atomic E-state index is 0.0973. The van der Waals surface area contributed by atoms with Crippen LogP contribution in [0.1, 0.15) is 32.8 Å². The summed E-state index contributed by atoms with van der Waals surface area (Å²) in [6.07, 6.45) is 3.45. The number of carboxylic acids is 1. The van der Waals surface area contributed by atoms with Crippen LogP contribution in [0.2, 0.25) is 0 Å². The number of aliphatic carboxylic acids is 1. The van der Waals surface area contributed by atoms with Crippen molar-refractivity contribution >= 4 is 23.8 Å². The first-order valence-corrected chi connectivity index (χ1v) is 6.95. The molecule has 0 aliphatic rings. The van der Waals surface area contributed by atoms with Crippen LogP contribution in [0.25, 0.3) is 6.08 Å². The topological polar surface area (TPSA) is 78.4 Å². The number of carboxylic acid groups (broad SMARTS) is 1. The molecule has 0 spiro atoms. The zero-order valence-corrected chi connectivity index (χ0v) is 12.6. The van der Waals surface area contributed by atoms with Gasteiger partial charge >= 0.3 is 12.0 Å². The lowest BCUT2D eigenvalue weighted by atomic mass is 10.1. The van der Waals surface area contributed by atoms with E-state index in [1.807, 2.05) is 6.92 Å². The van der Waals surface area contributed by atoms with Gasteiger partial charge in [0.25, 0.3) is 0 Å². The van der Waals surface area contributed by atoms with Crippen LogP contribution in [0.15, 0.2) is 30.3 Å². The van der Waals surface area contributed by atoms with Crippen molar-refractivity contribution in [3.05, 3.63) is 35.9 Å². The quantitative estimate of drug-likeness (QED) is 0.703. The average Bonchev–Trinajstić information content (AvgIpc) is 2.35. The van der Waals surface area contributed by atoms with E-state index in [-0.39, 0.29) is 12.1 Å². The second kappa shape index (κ2) is 8.09. The number of nitrogens with one attached hydrogen (secondary N) is 2. The maximum Gasteiger partial charge on any atom is 0.328 e. The molecule has 1 atom stereocenters. The first-order valence-electron chi connectivity index (χ1n) is 6.95. The minimum Gasteiger partial charge on any atom is -0.478 e. The average molecular weight is 290 g/mol. The van der Waals surface area contributed by atoms with E-state index in [1.54, 1.807) is 24.3 Å². The van der Waals surface area contributed by atoms with Crippen molar-refractivity contribution in [3.8, 4) is 0 Å². The predicted octanol–water partition coefficient (Wildman–Crippen LogP) is 3.34. The van der Waals surface area contributed by atoms with Crippen molar-refractivity contribution < 1.29 is 14.7 Å². The molecule has 0 radical (unpaired) electrons. The van der Waals surface area contributed by atoms with Gasteiger partial charge in [0.05, 0.1) is 0 Å². The summed E-state index contributed by atoms with van der Waals surface area (Å²) in [7, 11) is 0. The largest absolute Gasteiger partial charge is 0.478 e. The number of urea groups is 1. The molecule has 0 aliphatic heterocycles. The minimum atomic E-state index is -1.01. The molecule has 0 fully saturated rings. The standard InChI is InChI=1S/C16H22N2O3/c1-11(2)9-12(3)17-16(21)18-14-6-4-5-13(10-14)7-8-15(19)20/h4-8,10-12H,9H2,1-3H3,(H,19,20)(H2,17,18,21)/b8-7+. The highest BCUT2D eigenvalue weighted by Gasteiger charge is 2.09. The molecule has 0 aromatic heterocycles. The number of carbonyl (C=O) groups is 2. The van der Waals surface area contributed by atoms with Crippen LogP contribution in [0, 0.1) is 5.92 Å². The van der Waals surface area contributed by atoms with E-state index in [1.165, 1.54) is 6.08 Å². The summed E-state index contributed by atoms with van der Waals surface area (Å²) in [6, 6.07) is 6.83.